The molecule has 21 heavy (non-hydrogen) atoms. The van der Waals surface area contributed by atoms with Gasteiger partial charge in [-0.3, -0.25) is 0 Å². The van der Waals surface area contributed by atoms with Crippen LogP contribution in [0.3, 0.4) is 0 Å². The Hall–Kier alpha value is -0.430. The molecule has 0 aliphatic heterocycles. The molecule has 0 bridgehead atoms. The van der Waals surface area contributed by atoms with E-state index in [0.717, 1.165) is 43.4 Å². The molecule has 0 unspecified atom stereocenters. The quantitative estimate of drug-likeness (QED) is 0.872. The molecule has 0 spiro atoms. The molecule has 1 aromatic rings. The van der Waals surface area contributed by atoms with Gasteiger partial charge in [-0.2, -0.15) is 4.31 Å². The largest absolute Gasteiger partial charge is 0.328 e. The van der Waals surface area contributed by atoms with Crippen LogP contribution in [0, 0.1) is 0 Å². The Morgan fingerprint density at radius 2 is 1.90 bits per heavy atom. The van der Waals surface area contributed by atoms with Gasteiger partial charge in [0.25, 0.3) is 10.0 Å². The van der Waals surface area contributed by atoms with Gasteiger partial charge in [-0.25, -0.2) is 8.42 Å². The highest BCUT2D eigenvalue weighted by Gasteiger charge is 2.33. The average molecular weight is 331 g/mol. The summed E-state index contributed by atoms with van der Waals surface area (Å²) in [4.78, 5) is 1.12. The van der Waals surface area contributed by atoms with Gasteiger partial charge in [0.05, 0.1) is 0 Å². The van der Waals surface area contributed by atoms with Gasteiger partial charge in [0.15, 0.2) is 0 Å². The first-order chi connectivity index (χ1) is 9.98. The van der Waals surface area contributed by atoms with Crippen LogP contribution in [0.25, 0.3) is 0 Å². The van der Waals surface area contributed by atoms with Gasteiger partial charge in [0.2, 0.25) is 0 Å². The summed E-state index contributed by atoms with van der Waals surface area (Å²) in [6.45, 7) is 4.68. The number of nitrogens with zero attached hydrogens (tertiary/aromatic N) is 1. The Kier molecular flexibility index (Phi) is 5.82. The summed E-state index contributed by atoms with van der Waals surface area (Å²) in [7, 11) is -3.36. The van der Waals surface area contributed by atoms with Crippen LogP contribution in [0.4, 0.5) is 0 Å². The van der Waals surface area contributed by atoms with Crippen LogP contribution in [-0.4, -0.2) is 31.4 Å². The summed E-state index contributed by atoms with van der Waals surface area (Å²) in [5.41, 5.74) is 5.95. The molecule has 0 saturated heterocycles. The monoisotopic (exact) mass is 330 g/mol. The van der Waals surface area contributed by atoms with Crippen LogP contribution in [0.15, 0.2) is 16.3 Å². The minimum Gasteiger partial charge on any atom is -0.328 e. The van der Waals surface area contributed by atoms with E-state index in [2.05, 4.69) is 6.92 Å². The Morgan fingerprint density at radius 3 is 2.43 bits per heavy atom. The molecule has 0 amide bonds. The highest BCUT2D eigenvalue weighted by Crippen LogP contribution is 2.31. The third-order valence-electron chi connectivity index (χ3n) is 4.14. The third-order valence-corrected chi connectivity index (χ3v) is 7.79. The van der Waals surface area contributed by atoms with Crippen molar-refractivity contribution >= 4 is 21.4 Å². The minimum absolute atomic E-state index is 0.113. The molecule has 1 aliphatic rings. The number of hydrogen-bond donors (Lipinski definition) is 1. The van der Waals surface area contributed by atoms with Crippen LogP contribution >= 0.6 is 11.3 Å². The maximum absolute atomic E-state index is 12.9. The predicted molar refractivity (Wildman–Crippen MR) is 88.1 cm³/mol. The summed E-state index contributed by atoms with van der Waals surface area (Å²) in [5, 5.41) is 0. The lowest BCUT2D eigenvalue weighted by Gasteiger charge is -2.34. The highest BCUT2D eigenvalue weighted by atomic mass is 32.2. The van der Waals surface area contributed by atoms with Crippen molar-refractivity contribution in [2.24, 2.45) is 5.73 Å². The van der Waals surface area contributed by atoms with Crippen molar-refractivity contribution in [3.05, 3.63) is 17.0 Å². The van der Waals surface area contributed by atoms with Gasteiger partial charge in [-0.15, -0.1) is 11.3 Å². The fourth-order valence-corrected chi connectivity index (χ4v) is 6.11. The van der Waals surface area contributed by atoms with Crippen molar-refractivity contribution < 1.29 is 8.42 Å². The Labute approximate surface area is 132 Å². The molecule has 1 saturated carbocycles. The second-order valence-corrected chi connectivity index (χ2v) is 9.04. The van der Waals surface area contributed by atoms with Crippen molar-refractivity contribution in [3.8, 4) is 0 Å². The van der Waals surface area contributed by atoms with Gasteiger partial charge >= 0.3 is 0 Å². The normalized spacial score (nSPS) is 23.6. The molecule has 4 nitrogen and oxygen atoms in total. The molecule has 1 aromatic heterocycles. The maximum Gasteiger partial charge on any atom is 0.252 e. The van der Waals surface area contributed by atoms with E-state index < -0.39 is 10.0 Å². The highest BCUT2D eigenvalue weighted by molar-refractivity contribution is 7.91. The second-order valence-electron chi connectivity index (χ2n) is 5.76. The zero-order valence-corrected chi connectivity index (χ0v) is 14.5. The maximum atomic E-state index is 12.9. The van der Waals surface area contributed by atoms with E-state index in [1.54, 1.807) is 10.4 Å². The zero-order chi connectivity index (χ0) is 15.5. The van der Waals surface area contributed by atoms with Crippen LogP contribution in [0.2, 0.25) is 0 Å². The minimum atomic E-state index is -3.36. The molecule has 6 heteroatoms. The lowest BCUT2D eigenvalue weighted by Crippen LogP contribution is -2.44. The van der Waals surface area contributed by atoms with Crippen LogP contribution in [-0.2, 0) is 16.4 Å². The number of hydrogen-bond acceptors (Lipinski definition) is 4. The Bertz CT molecular complexity index is 546. The second kappa shape index (κ2) is 7.22. The van der Waals surface area contributed by atoms with E-state index in [1.807, 2.05) is 13.0 Å². The van der Waals surface area contributed by atoms with Crippen LogP contribution in [0.1, 0.15) is 50.8 Å². The molecule has 1 heterocycles. The number of nitrogens with two attached hydrogens (primary N) is 1. The summed E-state index contributed by atoms with van der Waals surface area (Å²) < 4.78 is 28.1. The Balaban J connectivity index is 2.23. The fraction of sp³-hybridized carbons (Fsp3) is 0.733. The molecule has 0 aromatic carbocycles. The summed E-state index contributed by atoms with van der Waals surface area (Å²) >= 11 is 1.40. The first-order valence-electron chi connectivity index (χ1n) is 7.85. The summed E-state index contributed by atoms with van der Waals surface area (Å²) in [6, 6.07) is 4.04. The van der Waals surface area contributed by atoms with E-state index in [0.29, 0.717) is 10.8 Å². The van der Waals surface area contributed by atoms with Crippen molar-refractivity contribution in [1.29, 1.82) is 0 Å². The van der Waals surface area contributed by atoms with Gasteiger partial charge < -0.3 is 5.73 Å². The smallest absolute Gasteiger partial charge is 0.252 e. The number of aryl methyl sites for hydroxylation is 1. The number of sulfonamides is 1. The molecule has 2 N–H and O–H groups in total. The van der Waals surface area contributed by atoms with Crippen molar-refractivity contribution in [2.75, 3.05) is 6.54 Å². The first-order valence-corrected chi connectivity index (χ1v) is 10.1. The first kappa shape index (κ1) is 16.9. The van der Waals surface area contributed by atoms with E-state index in [1.165, 1.54) is 11.3 Å². The van der Waals surface area contributed by atoms with Crippen molar-refractivity contribution in [1.82, 2.24) is 4.31 Å². The SMILES string of the molecule is CCCN(C1CCC(N)CC1)S(=O)(=O)c1ccc(CC)s1. The number of thiophene rings is 1. The van der Waals surface area contributed by atoms with E-state index in [-0.39, 0.29) is 12.1 Å². The molecule has 2 rings (SSSR count). The summed E-state index contributed by atoms with van der Waals surface area (Å²) in [6.07, 6.45) is 5.33. The number of rotatable bonds is 6. The van der Waals surface area contributed by atoms with Crippen molar-refractivity contribution in [2.45, 2.75) is 68.7 Å². The lowest BCUT2D eigenvalue weighted by atomic mass is 9.92. The molecular weight excluding hydrogens is 304 g/mol. The van der Waals surface area contributed by atoms with Gasteiger partial charge in [-0.1, -0.05) is 13.8 Å². The molecule has 1 aliphatic carbocycles. The predicted octanol–water partition coefficient (Wildman–Crippen LogP) is 2.98. The van der Waals surface area contributed by atoms with Gasteiger partial charge in [-0.05, 0) is 50.7 Å². The molecule has 1 fully saturated rings. The topological polar surface area (TPSA) is 63.4 Å². The molecule has 0 radical (unpaired) electrons. The average Bonchev–Trinajstić information content (AvgIpc) is 2.95. The van der Waals surface area contributed by atoms with E-state index >= 15 is 0 Å². The third kappa shape index (κ3) is 3.86. The zero-order valence-electron chi connectivity index (χ0n) is 12.9. The molecule has 120 valence electrons. The van der Waals surface area contributed by atoms with Crippen LogP contribution in [0.5, 0.6) is 0 Å². The Morgan fingerprint density at radius 1 is 1.24 bits per heavy atom. The van der Waals surface area contributed by atoms with E-state index in [4.69, 9.17) is 5.73 Å². The van der Waals surface area contributed by atoms with Crippen molar-refractivity contribution in [3.63, 3.8) is 0 Å². The van der Waals surface area contributed by atoms with Gasteiger partial charge in [0.1, 0.15) is 4.21 Å². The van der Waals surface area contributed by atoms with Gasteiger partial charge in [0, 0.05) is 23.5 Å². The summed E-state index contributed by atoms with van der Waals surface area (Å²) in [5.74, 6) is 0. The molecular formula is C15H26N2O2S2. The molecule has 0 atom stereocenters. The standard InChI is InChI=1S/C15H26N2O2S2/c1-3-11-17(13-7-5-12(16)6-8-13)21(18,19)15-10-9-14(4-2)20-15/h9-10,12-13H,3-8,11,16H2,1-2H3. The lowest BCUT2D eigenvalue weighted by molar-refractivity contribution is 0.240. The van der Waals surface area contributed by atoms with Crippen LogP contribution < -0.4 is 5.73 Å². The van der Waals surface area contributed by atoms with E-state index in [9.17, 15) is 8.42 Å². The fourth-order valence-electron chi connectivity index (χ4n) is 2.91.